The molecule has 0 saturated heterocycles. The molecule has 2 N–H and O–H groups in total. The Bertz CT molecular complexity index is 1550. The summed E-state index contributed by atoms with van der Waals surface area (Å²) in [6.07, 6.45) is 1.29. The fourth-order valence-corrected chi connectivity index (χ4v) is 5.83. The molecule has 0 bridgehead atoms. The maximum atomic E-state index is 13.5. The quantitative estimate of drug-likeness (QED) is 0.186. The molecule has 1 aromatic heterocycles. The summed E-state index contributed by atoms with van der Waals surface area (Å²) in [4.78, 5) is 31.0. The second-order valence-electron chi connectivity index (χ2n) is 8.82. The molecule has 0 saturated carbocycles. The minimum Gasteiger partial charge on any atom is -0.326 e. The number of rotatable bonds is 9. The van der Waals surface area contributed by atoms with E-state index in [-0.39, 0.29) is 11.8 Å². The lowest BCUT2D eigenvalue weighted by molar-refractivity contribution is -0.116. The van der Waals surface area contributed by atoms with Crippen molar-refractivity contribution in [2.24, 2.45) is 0 Å². The van der Waals surface area contributed by atoms with Gasteiger partial charge in [-0.3, -0.25) is 9.59 Å². The van der Waals surface area contributed by atoms with Crippen LogP contribution in [-0.2, 0) is 9.59 Å². The van der Waals surface area contributed by atoms with Gasteiger partial charge in [0.1, 0.15) is 5.25 Å². The van der Waals surface area contributed by atoms with Crippen molar-refractivity contribution in [1.29, 1.82) is 0 Å². The van der Waals surface area contributed by atoms with Gasteiger partial charge in [-0.1, -0.05) is 73.7 Å². The molecule has 5 aromatic rings. The molecule has 0 radical (unpaired) electrons. The normalized spacial score (nSPS) is 11.7. The van der Waals surface area contributed by atoms with Crippen LogP contribution < -0.4 is 10.6 Å². The number of amides is 2. The van der Waals surface area contributed by atoms with E-state index in [1.165, 1.54) is 28.5 Å². The third kappa shape index (κ3) is 6.30. The molecule has 0 spiro atoms. The van der Waals surface area contributed by atoms with Crippen LogP contribution in [0.3, 0.4) is 0 Å². The second kappa shape index (κ2) is 12.1. The van der Waals surface area contributed by atoms with Crippen molar-refractivity contribution in [2.45, 2.75) is 29.9 Å². The molecule has 7 heteroatoms. The highest BCUT2D eigenvalue weighted by atomic mass is 32.2. The number of nitrogens with zero attached hydrogens (tertiary/aromatic N) is 1. The van der Waals surface area contributed by atoms with Crippen molar-refractivity contribution in [3.63, 3.8) is 0 Å². The lowest BCUT2D eigenvalue weighted by Crippen LogP contribution is -2.19. The van der Waals surface area contributed by atoms with Gasteiger partial charge in [0.2, 0.25) is 11.8 Å². The van der Waals surface area contributed by atoms with Crippen molar-refractivity contribution in [3.05, 3.63) is 108 Å². The lowest BCUT2D eigenvalue weighted by Gasteiger charge is -2.16. The monoisotopic (exact) mass is 537 g/mol. The molecule has 190 valence electrons. The fourth-order valence-electron chi connectivity index (χ4n) is 4.09. The maximum absolute atomic E-state index is 13.5. The van der Waals surface area contributed by atoms with Crippen LogP contribution in [0.15, 0.2) is 107 Å². The van der Waals surface area contributed by atoms with Gasteiger partial charge in [0.25, 0.3) is 0 Å². The average molecular weight is 538 g/mol. The van der Waals surface area contributed by atoms with Crippen LogP contribution in [0.5, 0.6) is 0 Å². The SMILES string of the molecule is CCCC(=O)Nc1ccc(SC(C(=O)Nc2nc(-c3ccc4ccccc4c3)cs2)c2ccccc2)cc1. The van der Waals surface area contributed by atoms with Crippen molar-refractivity contribution in [1.82, 2.24) is 4.98 Å². The summed E-state index contributed by atoms with van der Waals surface area (Å²) in [7, 11) is 0. The Hall–Kier alpha value is -3.94. The highest BCUT2D eigenvalue weighted by Gasteiger charge is 2.23. The van der Waals surface area contributed by atoms with Crippen LogP contribution in [0.4, 0.5) is 10.8 Å². The summed E-state index contributed by atoms with van der Waals surface area (Å²) in [6.45, 7) is 1.98. The van der Waals surface area contributed by atoms with Crippen molar-refractivity contribution in [3.8, 4) is 11.3 Å². The van der Waals surface area contributed by atoms with E-state index in [9.17, 15) is 9.59 Å². The molecule has 1 heterocycles. The molecule has 0 fully saturated rings. The van der Waals surface area contributed by atoms with Gasteiger partial charge < -0.3 is 10.6 Å². The first kappa shape index (κ1) is 25.7. The summed E-state index contributed by atoms with van der Waals surface area (Å²) in [5.41, 5.74) is 3.50. The predicted octanol–water partition coefficient (Wildman–Crippen LogP) is 8.17. The molecule has 0 aliphatic heterocycles. The van der Waals surface area contributed by atoms with Crippen molar-refractivity contribution >= 4 is 56.5 Å². The highest BCUT2D eigenvalue weighted by Crippen LogP contribution is 2.37. The molecule has 38 heavy (non-hydrogen) atoms. The topological polar surface area (TPSA) is 71.1 Å². The molecular formula is C31H27N3O2S2. The molecule has 5 rings (SSSR count). The fraction of sp³-hybridized carbons (Fsp3) is 0.129. The summed E-state index contributed by atoms with van der Waals surface area (Å²) in [5, 5.41) is 10.3. The molecule has 4 aromatic carbocycles. The number of carbonyl (C=O) groups is 2. The molecular weight excluding hydrogens is 510 g/mol. The highest BCUT2D eigenvalue weighted by molar-refractivity contribution is 8.00. The van der Waals surface area contributed by atoms with Gasteiger partial charge in [0.15, 0.2) is 5.13 Å². The number of hydrogen-bond donors (Lipinski definition) is 2. The summed E-state index contributed by atoms with van der Waals surface area (Å²) < 4.78 is 0. The Morgan fingerprint density at radius 3 is 2.37 bits per heavy atom. The van der Waals surface area contributed by atoms with E-state index in [0.717, 1.165) is 39.2 Å². The third-order valence-electron chi connectivity index (χ3n) is 5.99. The minimum atomic E-state index is -0.468. The lowest BCUT2D eigenvalue weighted by atomic mass is 10.1. The van der Waals surface area contributed by atoms with E-state index >= 15 is 0 Å². The number of thiazole rings is 1. The number of hydrogen-bond acceptors (Lipinski definition) is 5. The van der Waals surface area contributed by atoms with Gasteiger partial charge in [-0.15, -0.1) is 23.1 Å². The third-order valence-corrected chi connectivity index (χ3v) is 8.01. The van der Waals surface area contributed by atoms with Crippen LogP contribution in [0.2, 0.25) is 0 Å². The number of nitrogens with one attached hydrogen (secondary N) is 2. The summed E-state index contributed by atoms with van der Waals surface area (Å²) in [6, 6.07) is 31.8. The van der Waals surface area contributed by atoms with E-state index in [0.29, 0.717) is 11.6 Å². The van der Waals surface area contributed by atoms with Gasteiger partial charge in [0, 0.05) is 27.9 Å². The summed E-state index contributed by atoms with van der Waals surface area (Å²) in [5.74, 6) is -0.137. The molecule has 2 amide bonds. The molecule has 5 nitrogen and oxygen atoms in total. The molecule has 0 aliphatic carbocycles. The van der Waals surface area contributed by atoms with Crippen LogP contribution in [-0.4, -0.2) is 16.8 Å². The average Bonchev–Trinajstić information content (AvgIpc) is 3.41. The summed E-state index contributed by atoms with van der Waals surface area (Å²) >= 11 is 2.88. The Kier molecular flexibility index (Phi) is 8.16. The number of aromatic nitrogens is 1. The van der Waals surface area contributed by atoms with E-state index in [1.807, 2.05) is 79.0 Å². The number of fused-ring (bicyclic) bond motifs is 1. The zero-order chi connectivity index (χ0) is 26.3. The Morgan fingerprint density at radius 2 is 1.61 bits per heavy atom. The van der Waals surface area contributed by atoms with Crippen molar-refractivity contribution < 1.29 is 9.59 Å². The number of carbonyl (C=O) groups excluding carboxylic acids is 2. The minimum absolute atomic E-state index is 0.000879. The molecule has 1 atom stereocenters. The smallest absolute Gasteiger partial charge is 0.244 e. The van der Waals surface area contributed by atoms with Crippen molar-refractivity contribution in [2.75, 3.05) is 10.6 Å². The number of anilines is 2. The first-order valence-corrected chi connectivity index (χ1v) is 14.2. The van der Waals surface area contributed by atoms with Crippen LogP contribution >= 0.6 is 23.1 Å². The van der Waals surface area contributed by atoms with Crippen LogP contribution in [0.1, 0.15) is 30.6 Å². The maximum Gasteiger partial charge on any atom is 0.244 e. The number of thioether (sulfide) groups is 1. The van der Waals surface area contributed by atoms with E-state index < -0.39 is 5.25 Å². The van der Waals surface area contributed by atoms with E-state index in [4.69, 9.17) is 4.98 Å². The first-order chi connectivity index (χ1) is 18.6. The Balaban J connectivity index is 1.32. The first-order valence-electron chi connectivity index (χ1n) is 12.5. The van der Waals surface area contributed by atoms with Gasteiger partial charge in [-0.2, -0.15) is 0 Å². The van der Waals surface area contributed by atoms with Gasteiger partial charge in [-0.25, -0.2) is 4.98 Å². The van der Waals surface area contributed by atoms with Gasteiger partial charge in [-0.05, 0) is 53.1 Å². The van der Waals surface area contributed by atoms with E-state index in [2.05, 4.69) is 41.0 Å². The predicted molar refractivity (Wildman–Crippen MR) is 159 cm³/mol. The number of benzene rings is 4. The van der Waals surface area contributed by atoms with Gasteiger partial charge >= 0.3 is 0 Å². The van der Waals surface area contributed by atoms with E-state index in [1.54, 1.807) is 0 Å². The Labute approximate surface area is 230 Å². The van der Waals surface area contributed by atoms with Crippen LogP contribution in [0, 0.1) is 0 Å². The molecule has 0 aliphatic rings. The zero-order valence-electron chi connectivity index (χ0n) is 20.9. The second-order valence-corrected chi connectivity index (χ2v) is 10.9. The Morgan fingerprint density at radius 1 is 0.868 bits per heavy atom. The zero-order valence-corrected chi connectivity index (χ0v) is 22.5. The largest absolute Gasteiger partial charge is 0.326 e. The van der Waals surface area contributed by atoms with Crippen LogP contribution in [0.25, 0.3) is 22.0 Å². The standard InChI is InChI=1S/C31H27N3O2S2/c1-2-8-28(35)32-25-15-17-26(18-16-25)38-29(22-10-4-3-5-11-22)30(36)34-31-33-27(20-37-31)24-14-13-21-9-6-7-12-23(21)19-24/h3-7,9-20,29H,2,8H2,1H3,(H,32,35)(H,33,34,36). The van der Waals surface area contributed by atoms with Gasteiger partial charge in [0.05, 0.1) is 5.69 Å². The molecule has 1 unspecified atom stereocenters.